The number of hydrogen-bond acceptors (Lipinski definition) is 3. The number of ether oxygens (including phenoxy) is 2. The van der Waals surface area contributed by atoms with Crippen LogP contribution in [0.3, 0.4) is 0 Å². The molecule has 1 aromatic rings. The van der Waals surface area contributed by atoms with Crippen LogP contribution in [-0.2, 0) is 0 Å². The fourth-order valence-electron chi connectivity index (χ4n) is 1.10. The summed E-state index contributed by atoms with van der Waals surface area (Å²) in [5.74, 6) is 3.46. The van der Waals surface area contributed by atoms with Crippen LogP contribution in [0, 0.1) is 12.3 Å². The second-order valence-electron chi connectivity index (χ2n) is 2.85. The van der Waals surface area contributed by atoms with Gasteiger partial charge < -0.3 is 9.47 Å². The van der Waals surface area contributed by atoms with E-state index in [1.54, 1.807) is 18.2 Å². The zero-order valence-corrected chi connectivity index (χ0v) is 10.2. The van der Waals surface area contributed by atoms with Crippen molar-refractivity contribution in [2.45, 2.75) is 0 Å². The van der Waals surface area contributed by atoms with E-state index in [0.29, 0.717) is 29.0 Å². The summed E-state index contributed by atoms with van der Waals surface area (Å²) in [6.45, 7) is 0.678. The van der Waals surface area contributed by atoms with E-state index in [1.165, 1.54) is 0 Å². The monoisotopic (exact) mass is 282 g/mol. The maximum absolute atomic E-state index is 10.8. The summed E-state index contributed by atoms with van der Waals surface area (Å²) in [6, 6.07) is 4.98. The van der Waals surface area contributed by atoms with Crippen LogP contribution in [-0.4, -0.2) is 24.8 Å². The molecule has 0 spiro atoms. The highest BCUT2D eigenvalue weighted by molar-refractivity contribution is 9.09. The van der Waals surface area contributed by atoms with Gasteiger partial charge in [0.25, 0.3) is 0 Å². The van der Waals surface area contributed by atoms with E-state index in [9.17, 15) is 4.79 Å². The summed E-state index contributed by atoms with van der Waals surface area (Å²) < 4.78 is 10.6. The van der Waals surface area contributed by atoms with Crippen molar-refractivity contribution >= 4 is 22.2 Å². The highest BCUT2D eigenvalue weighted by atomic mass is 79.9. The molecule has 0 aromatic heterocycles. The van der Waals surface area contributed by atoms with Crippen molar-refractivity contribution in [1.29, 1.82) is 0 Å². The fraction of sp³-hybridized carbons (Fsp3) is 0.250. The van der Waals surface area contributed by atoms with Crippen molar-refractivity contribution in [2.24, 2.45) is 0 Å². The zero-order valence-electron chi connectivity index (χ0n) is 8.61. The first kappa shape index (κ1) is 12.6. The van der Waals surface area contributed by atoms with Gasteiger partial charge in [-0.15, -0.1) is 6.42 Å². The Morgan fingerprint density at radius 3 is 2.88 bits per heavy atom. The van der Waals surface area contributed by atoms with Gasteiger partial charge in [-0.1, -0.05) is 21.9 Å². The molecule has 4 heteroatoms. The molecule has 1 aromatic carbocycles. The molecule has 0 saturated carbocycles. The topological polar surface area (TPSA) is 35.5 Å². The van der Waals surface area contributed by atoms with Gasteiger partial charge in [0.2, 0.25) is 0 Å². The lowest BCUT2D eigenvalue weighted by Crippen LogP contribution is -2.01. The first-order chi connectivity index (χ1) is 7.81. The van der Waals surface area contributed by atoms with Crippen molar-refractivity contribution in [3.8, 4) is 23.8 Å². The Labute approximate surface area is 103 Å². The van der Waals surface area contributed by atoms with E-state index < -0.39 is 0 Å². The summed E-state index contributed by atoms with van der Waals surface area (Å²) in [5.41, 5.74) is 0.494. The summed E-state index contributed by atoms with van der Waals surface area (Å²) in [7, 11) is 0. The average Bonchev–Trinajstić information content (AvgIpc) is 2.33. The molecule has 0 amide bonds. The van der Waals surface area contributed by atoms with Gasteiger partial charge in [-0.25, -0.2) is 0 Å². The zero-order chi connectivity index (χ0) is 11.8. The average molecular weight is 283 g/mol. The number of benzene rings is 1. The number of alkyl halides is 1. The lowest BCUT2D eigenvalue weighted by atomic mass is 10.2. The molecule has 0 radical (unpaired) electrons. The summed E-state index contributed by atoms with van der Waals surface area (Å²) in [4.78, 5) is 10.8. The smallest absolute Gasteiger partial charge is 0.153 e. The minimum Gasteiger partial charge on any atom is -0.492 e. The normalized spacial score (nSPS) is 9.25. The van der Waals surface area contributed by atoms with Crippen LogP contribution in [0.2, 0.25) is 0 Å². The SMILES string of the molecule is C#CCOc1ccc(C=O)c(OCCBr)c1. The molecule has 0 aliphatic carbocycles. The molecule has 0 atom stereocenters. The Morgan fingerprint density at radius 2 is 2.25 bits per heavy atom. The molecule has 84 valence electrons. The highest BCUT2D eigenvalue weighted by Gasteiger charge is 2.05. The predicted molar refractivity (Wildman–Crippen MR) is 65.4 cm³/mol. The summed E-state index contributed by atoms with van der Waals surface area (Å²) in [6.07, 6.45) is 5.83. The third-order valence-electron chi connectivity index (χ3n) is 1.77. The van der Waals surface area contributed by atoms with Crippen LogP contribution in [0.1, 0.15) is 10.4 Å². The number of carbonyl (C=O) groups is 1. The van der Waals surface area contributed by atoms with E-state index in [4.69, 9.17) is 15.9 Å². The van der Waals surface area contributed by atoms with Crippen LogP contribution in [0.25, 0.3) is 0 Å². The largest absolute Gasteiger partial charge is 0.492 e. The lowest BCUT2D eigenvalue weighted by Gasteiger charge is -2.09. The minimum atomic E-state index is 0.193. The first-order valence-corrected chi connectivity index (χ1v) is 5.78. The van der Waals surface area contributed by atoms with E-state index in [2.05, 4.69) is 21.9 Å². The predicted octanol–water partition coefficient (Wildman–Crippen LogP) is 2.28. The number of halogens is 1. The van der Waals surface area contributed by atoms with Crippen LogP contribution in [0.15, 0.2) is 18.2 Å². The molecular weight excluding hydrogens is 272 g/mol. The van der Waals surface area contributed by atoms with Gasteiger partial charge in [-0.2, -0.15) is 0 Å². The Morgan fingerprint density at radius 1 is 1.44 bits per heavy atom. The third kappa shape index (κ3) is 3.59. The third-order valence-corrected chi connectivity index (χ3v) is 2.09. The van der Waals surface area contributed by atoms with E-state index in [-0.39, 0.29) is 6.61 Å². The fourth-order valence-corrected chi connectivity index (χ4v) is 1.26. The Hall–Kier alpha value is -1.47. The number of aldehydes is 1. The van der Waals surface area contributed by atoms with Crippen molar-refractivity contribution in [2.75, 3.05) is 18.5 Å². The molecule has 0 bridgehead atoms. The number of hydrogen-bond donors (Lipinski definition) is 0. The molecule has 0 unspecified atom stereocenters. The summed E-state index contributed by atoms with van der Waals surface area (Å²) >= 11 is 3.24. The van der Waals surface area contributed by atoms with Gasteiger partial charge >= 0.3 is 0 Å². The van der Waals surface area contributed by atoms with Crippen molar-refractivity contribution in [3.05, 3.63) is 23.8 Å². The highest BCUT2D eigenvalue weighted by Crippen LogP contribution is 2.23. The van der Waals surface area contributed by atoms with Crippen molar-refractivity contribution in [1.82, 2.24) is 0 Å². The number of rotatable bonds is 6. The molecule has 1 rings (SSSR count). The number of carbonyl (C=O) groups excluding carboxylic acids is 1. The maximum atomic E-state index is 10.8. The number of terminal acetylenes is 1. The van der Waals surface area contributed by atoms with Crippen LogP contribution in [0.5, 0.6) is 11.5 Å². The Bertz CT molecular complexity index is 396. The molecule has 3 nitrogen and oxygen atoms in total. The molecule has 0 N–H and O–H groups in total. The molecule has 0 aliphatic heterocycles. The van der Waals surface area contributed by atoms with Crippen molar-refractivity contribution < 1.29 is 14.3 Å². The minimum absolute atomic E-state index is 0.193. The Balaban J connectivity index is 2.83. The molecule has 16 heavy (non-hydrogen) atoms. The molecule has 0 saturated heterocycles. The molecule has 0 fully saturated rings. The van der Waals surface area contributed by atoms with E-state index >= 15 is 0 Å². The van der Waals surface area contributed by atoms with Gasteiger partial charge in [0.05, 0.1) is 12.2 Å². The quantitative estimate of drug-likeness (QED) is 0.456. The van der Waals surface area contributed by atoms with Crippen LogP contribution in [0.4, 0.5) is 0 Å². The molecule has 0 aliphatic rings. The standard InChI is InChI=1S/C12H11BrO3/c1-2-6-15-11-4-3-10(9-14)12(8-11)16-7-5-13/h1,3-4,8-9H,5-7H2. The Kier molecular flexibility index (Phi) is 5.44. The van der Waals surface area contributed by atoms with Gasteiger partial charge in [-0.05, 0) is 12.1 Å². The molecular formula is C12H11BrO3. The van der Waals surface area contributed by atoms with E-state index in [1.807, 2.05) is 0 Å². The summed E-state index contributed by atoms with van der Waals surface area (Å²) in [5, 5.41) is 0.695. The lowest BCUT2D eigenvalue weighted by molar-refractivity contribution is 0.112. The van der Waals surface area contributed by atoms with Gasteiger partial charge in [0, 0.05) is 11.4 Å². The molecule has 0 heterocycles. The van der Waals surface area contributed by atoms with Gasteiger partial charge in [-0.3, -0.25) is 4.79 Å². The maximum Gasteiger partial charge on any atom is 0.153 e. The second kappa shape index (κ2) is 6.91. The van der Waals surface area contributed by atoms with E-state index in [0.717, 1.165) is 6.29 Å². The first-order valence-electron chi connectivity index (χ1n) is 4.66. The van der Waals surface area contributed by atoms with Gasteiger partial charge in [0.1, 0.15) is 18.1 Å². The second-order valence-corrected chi connectivity index (χ2v) is 3.64. The van der Waals surface area contributed by atoms with Crippen LogP contribution < -0.4 is 9.47 Å². The van der Waals surface area contributed by atoms with Crippen LogP contribution >= 0.6 is 15.9 Å². The van der Waals surface area contributed by atoms with Crippen molar-refractivity contribution in [3.63, 3.8) is 0 Å². The van der Waals surface area contributed by atoms with Gasteiger partial charge in [0.15, 0.2) is 6.29 Å².